The van der Waals surface area contributed by atoms with Crippen LogP contribution in [0.4, 0.5) is 5.82 Å². The Bertz CT molecular complexity index is 1550. The highest BCUT2D eigenvalue weighted by Crippen LogP contribution is 2.32. The summed E-state index contributed by atoms with van der Waals surface area (Å²) >= 11 is 0. The maximum Gasteiger partial charge on any atom is 0.307 e. The molecule has 0 fully saturated rings. The molecule has 0 aliphatic heterocycles. The van der Waals surface area contributed by atoms with Crippen molar-refractivity contribution >= 4 is 22.7 Å². The molecule has 0 radical (unpaired) electrons. The number of anilines is 1. The Labute approximate surface area is 208 Å². The summed E-state index contributed by atoms with van der Waals surface area (Å²) in [7, 11) is 0. The standard InChI is InChI=1S/C28H27N5O3/c1-17(2)33-25-11-10-19(18-7-5-8-20(12-18)23-15-30-31-28(23)29)13-22(25)24(32-33)16-36-26-9-4-3-6-21(26)14-27(34)35/h3-13,15,17H,14,16H2,1-2H3,(H,34,35)(H3,29,30,31). The van der Waals surface area contributed by atoms with Crippen molar-refractivity contribution in [2.45, 2.75) is 32.9 Å². The van der Waals surface area contributed by atoms with Crippen LogP contribution in [0, 0.1) is 0 Å². The molecule has 0 atom stereocenters. The second kappa shape index (κ2) is 9.58. The minimum atomic E-state index is -0.898. The number of carboxylic acid groups (broad SMARTS) is 1. The van der Waals surface area contributed by atoms with E-state index in [4.69, 9.17) is 15.6 Å². The number of aliphatic carboxylic acids is 1. The fourth-order valence-corrected chi connectivity index (χ4v) is 4.38. The first-order valence-corrected chi connectivity index (χ1v) is 11.7. The molecule has 4 N–H and O–H groups in total. The number of rotatable bonds is 8. The van der Waals surface area contributed by atoms with E-state index in [0.29, 0.717) is 17.1 Å². The number of carbonyl (C=O) groups is 1. The second-order valence-corrected chi connectivity index (χ2v) is 8.95. The van der Waals surface area contributed by atoms with Crippen molar-refractivity contribution in [3.05, 3.63) is 84.2 Å². The molecule has 0 spiro atoms. The van der Waals surface area contributed by atoms with Gasteiger partial charge in [-0.2, -0.15) is 10.2 Å². The molecule has 0 unspecified atom stereocenters. The van der Waals surface area contributed by atoms with Gasteiger partial charge in [0.2, 0.25) is 0 Å². The van der Waals surface area contributed by atoms with E-state index in [1.807, 2.05) is 28.9 Å². The lowest BCUT2D eigenvalue weighted by Gasteiger charge is -2.09. The highest BCUT2D eigenvalue weighted by atomic mass is 16.5. The summed E-state index contributed by atoms with van der Waals surface area (Å²) in [5.41, 5.74) is 12.4. The molecule has 5 rings (SSSR count). The van der Waals surface area contributed by atoms with Gasteiger partial charge in [-0.3, -0.25) is 14.6 Å². The first-order chi connectivity index (χ1) is 17.4. The Morgan fingerprint density at radius 1 is 1.06 bits per heavy atom. The van der Waals surface area contributed by atoms with Crippen LogP contribution in [0.25, 0.3) is 33.2 Å². The normalized spacial score (nSPS) is 11.3. The molecule has 8 nitrogen and oxygen atoms in total. The largest absolute Gasteiger partial charge is 0.487 e. The fraction of sp³-hybridized carbons (Fsp3) is 0.179. The van der Waals surface area contributed by atoms with E-state index in [0.717, 1.165) is 38.9 Å². The maximum absolute atomic E-state index is 11.3. The molecular formula is C28H27N5O3. The van der Waals surface area contributed by atoms with Crippen molar-refractivity contribution in [3.63, 3.8) is 0 Å². The number of fused-ring (bicyclic) bond motifs is 1. The average molecular weight is 482 g/mol. The number of benzene rings is 3. The predicted molar refractivity (Wildman–Crippen MR) is 140 cm³/mol. The van der Waals surface area contributed by atoms with Gasteiger partial charge in [0.15, 0.2) is 5.82 Å². The van der Waals surface area contributed by atoms with Crippen molar-refractivity contribution in [3.8, 4) is 28.0 Å². The van der Waals surface area contributed by atoms with Gasteiger partial charge in [-0.05, 0) is 54.8 Å². The van der Waals surface area contributed by atoms with E-state index < -0.39 is 5.97 Å². The Morgan fingerprint density at radius 3 is 2.58 bits per heavy atom. The number of hydrogen-bond acceptors (Lipinski definition) is 5. The summed E-state index contributed by atoms with van der Waals surface area (Å²) in [4.78, 5) is 11.3. The van der Waals surface area contributed by atoms with Crippen LogP contribution in [-0.2, 0) is 17.8 Å². The summed E-state index contributed by atoms with van der Waals surface area (Å²) in [5, 5.41) is 21.9. The lowest BCUT2D eigenvalue weighted by Crippen LogP contribution is -2.06. The number of nitrogens with one attached hydrogen (secondary N) is 1. The molecule has 0 saturated carbocycles. The molecule has 36 heavy (non-hydrogen) atoms. The number of para-hydroxylation sites is 1. The van der Waals surface area contributed by atoms with Gasteiger partial charge in [0, 0.05) is 28.8 Å². The van der Waals surface area contributed by atoms with Crippen LogP contribution in [0.1, 0.15) is 31.1 Å². The monoisotopic (exact) mass is 481 g/mol. The number of H-pyrrole nitrogens is 1. The van der Waals surface area contributed by atoms with Gasteiger partial charge in [0.1, 0.15) is 18.1 Å². The fourth-order valence-electron chi connectivity index (χ4n) is 4.38. The summed E-state index contributed by atoms with van der Waals surface area (Å²) in [6, 6.07) is 21.8. The second-order valence-electron chi connectivity index (χ2n) is 8.95. The van der Waals surface area contributed by atoms with E-state index >= 15 is 0 Å². The highest BCUT2D eigenvalue weighted by Gasteiger charge is 2.16. The zero-order chi connectivity index (χ0) is 25.2. The number of aromatic nitrogens is 4. The first-order valence-electron chi connectivity index (χ1n) is 11.7. The number of ether oxygens (including phenoxy) is 1. The predicted octanol–water partition coefficient (Wildman–Crippen LogP) is 5.46. The van der Waals surface area contributed by atoms with E-state index in [-0.39, 0.29) is 19.1 Å². The van der Waals surface area contributed by atoms with Crippen molar-refractivity contribution < 1.29 is 14.6 Å². The minimum Gasteiger partial charge on any atom is -0.487 e. The molecule has 8 heteroatoms. The van der Waals surface area contributed by atoms with Crippen molar-refractivity contribution in [1.82, 2.24) is 20.0 Å². The van der Waals surface area contributed by atoms with Crippen LogP contribution in [0.2, 0.25) is 0 Å². The lowest BCUT2D eigenvalue weighted by molar-refractivity contribution is -0.136. The van der Waals surface area contributed by atoms with Gasteiger partial charge in [0.25, 0.3) is 0 Å². The third-order valence-electron chi connectivity index (χ3n) is 6.13. The molecule has 5 aromatic rings. The van der Waals surface area contributed by atoms with Crippen molar-refractivity contribution in [2.75, 3.05) is 5.73 Å². The molecule has 0 bridgehead atoms. The minimum absolute atomic E-state index is 0.0982. The Kier molecular flexibility index (Phi) is 6.16. The number of hydrogen-bond donors (Lipinski definition) is 3. The Morgan fingerprint density at radius 2 is 1.83 bits per heavy atom. The number of carboxylic acids is 1. The molecular weight excluding hydrogens is 454 g/mol. The molecule has 0 aliphatic carbocycles. The Hall–Kier alpha value is -4.59. The third-order valence-corrected chi connectivity index (χ3v) is 6.13. The van der Waals surface area contributed by atoms with Gasteiger partial charge in [-0.15, -0.1) is 0 Å². The van der Waals surface area contributed by atoms with Crippen LogP contribution < -0.4 is 10.5 Å². The summed E-state index contributed by atoms with van der Waals surface area (Å²) in [5.74, 6) is 0.113. The topological polar surface area (TPSA) is 119 Å². The number of aromatic amines is 1. The molecule has 2 aromatic heterocycles. The van der Waals surface area contributed by atoms with Crippen LogP contribution in [0.15, 0.2) is 72.9 Å². The lowest BCUT2D eigenvalue weighted by atomic mass is 9.99. The Balaban J connectivity index is 1.52. The third kappa shape index (κ3) is 4.53. The quantitative estimate of drug-likeness (QED) is 0.271. The molecule has 0 aliphatic rings. The van der Waals surface area contributed by atoms with Gasteiger partial charge < -0.3 is 15.6 Å². The maximum atomic E-state index is 11.3. The number of nitrogens with two attached hydrogens (primary N) is 1. The molecule has 3 aromatic carbocycles. The number of nitrogen functional groups attached to an aromatic ring is 1. The summed E-state index contributed by atoms with van der Waals surface area (Å²) in [6.07, 6.45) is 1.70. The smallest absolute Gasteiger partial charge is 0.307 e. The van der Waals surface area contributed by atoms with Crippen LogP contribution in [0.5, 0.6) is 5.75 Å². The molecule has 0 amide bonds. The van der Waals surface area contributed by atoms with Crippen LogP contribution in [-0.4, -0.2) is 31.1 Å². The van der Waals surface area contributed by atoms with Crippen LogP contribution in [0.3, 0.4) is 0 Å². The van der Waals surface area contributed by atoms with Gasteiger partial charge in [-0.1, -0.05) is 42.5 Å². The highest BCUT2D eigenvalue weighted by molar-refractivity contribution is 5.88. The van der Waals surface area contributed by atoms with E-state index in [1.54, 1.807) is 18.3 Å². The average Bonchev–Trinajstić information content (AvgIpc) is 3.46. The molecule has 0 saturated heterocycles. The zero-order valence-corrected chi connectivity index (χ0v) is 20.1. The molecule has 2 heterocycles. The van der Waals surface area contributed by atoms with E-state index in [2.05, 4.69) is 54.4 Å². The number of nitrogens with zero attached hydrogens (tertiary/aromatic N) is 3. The van der Waals surface area contributed by atoms with Gasteiger partial charge >= 0.3 is 5.97 Å². The zero-order valence-electron chi connectivity index (χ0n) is 20.1. The van der Waals surface area contributed by atoms with Crippen LogP contribution >= 0.6 is 0 Å². The van der Waals surface area contributed by atoms with E-state index in [9.17, 15) is 9.90 Å². The summed E-state index contributed by atoms with van der Waals surface area (Å²) in [6.45, 7) is 4.40. The van der Waals surface area contributed by atoms with E-state index in [1.165, 1.54) is 0 Å². The first kappa shape index (κ1) is 23.2. The van der Waals surface area contributed by atoms with Gasteiger partial charge in [0.05, 0.1) is 11.9 Å². The van der Waals surface area contributed by atoms with Crippen molar-refractivity contribution in [2.24, 2.45) is 0 Å². The molecule has 182 valence electrons. The van der Waals surface area contributed by atoms with Gasteiger partial charge in [-0.25, -0.2) is 0 Å². The SMILES string of the molecule is CC(C)n1nc(COc2ccccc2CC(=O)O)c2cc(-c3cccc(-c4c[nH]nc4N)c3)ccc21. The summed E-state index contributed by atoms with van der Waals surface area (Å²) < 4.78 is 8.08. The van der Waals surface area contributed by atoms with Crippen molar-refractivity contribution in [1.29, 1.82) is 0 Å².